The number of nitrogens with zero attached hydrogens (tertiary/aromatic N) is 1. The van der Waals surface area contributed by atoms with Crippen LogP contribution >= 0.6 is 11.6 Å². The van der Waals surface area contributed by atoms with E-state index in [0.29, 0.717) is 18.6 Å². The number of ketones is 1. The topological polar surface area (TPSA) is 20.3 Å². The van der Waals surface area contributed by atoms with Crippen LogP contribution in [-0.2, 0) is 11.3 Å². The maximum absolute atomic E-state index is 11.5. The van der Waals surface area contributed by atoms with Crippen molar-refractivity contribution in [2.45, 2.75) is 38.8 Å². The average Bonchev–Trinajstić information content (AvgIpc) is 2.24. The lowest BCUT2D eigenvalue weighted by atomic mass is 9.89. The molecule has 0 N–H and O–H groups in total. The molecule has 1 aromatic rings. The van der Waals surface area contributed by atoms with E-state index in [-0.39, 0.29) is 5.54 Å². The molecule has 1 aliphatic rings. The Morgan fingerprint density at radius 2 is 1.94 bits per heavy atom. The van der Waals surface area contributed by atoms with Crippen LogP contribution in [0.1, 0.15) is 32.3 Å². The van der Waals surface area contributed by atoms with Gasteiger partial charge in [-0.25, -0.2) is 0 Å². The van der Waals surface area contributed by atoms with Crippen molar-refractivity contribution in [1.29, 1.82) is 0 Å². The summed E-state index contributed by atoms with van der Waals surface area (Å²) in [6.07, 6.45) is 1.33. The Hall–Kier alpha value is -0.860. The fourth-order valence-electron chi connectivity index (χ4n) is 2.35. The largest absolute Gasteiger partial charge is 0.300 e. The molecule has 0 spiro atoms. The fourth-order valence-corrected chi connectivity index (χ4v) is 2.47. The maximum atomic E-state index is 11.5. The minimum atomic E-state index is -0.0328. The molecule has 2 rings (SSSR count). The summed E-state index contributed by atoms with van der Waals surface area (Å²) in [6.45, 7) is 6.02. The Kier molecular flexibility index (Phi) is 3.55. The number of carbonyl (C=O) groups is 1. The summed E-state index contributed by atoms with van der Waals surface area (Å²) in [7, 11) is 0. The second-order valence-corrected chi connectivity index (χ2v) is 5.76. The highest BCUT2D eigenvalue weighted by atomic mass is 35.5. The molecule has 0 saturated carbocycles. The van der Waals surface area contributed by atoms with Crippen molar-refractivity contribution >= 4 is 17.4 Å². The molecule has 0 aliphatic carbocycles. The summed E-state index contributed by atoms with van der Waals surface area (Å²) in [4.78, 5) is 13.8. The average molecular weight is 252 g/mol. The van der Waals surface area contributed by atoms with E-state index in [1.807, 2.05) is 12.1 Å². The van der Waals surface area contributed by atoms with Gasteiger partial charge in [0, 0.05) is 36.5 Å². The molecule has 0 atom stereocenters. The minimum absolute atomic E-state index is 0.0328. The van der Waals surface area contributed by atoms with Crippen molar-refractivity contribution < 1.29 is 4.79 Å². The van der Waals surface area contributed by atoms with Gasteiger partial charge in [-0.05, 0) is 31.5 Å². The Bertz CT molecular complexity index is 411. The summed E-state index contributed by atoms with van der Waals surface area (Å²) in [5.41, 5.74) is 1.21. The van der Waals surface area contributed by atoms with E-state index in [4.69, 9.17) is 11.6 Å². The first-order valence-corrected chi connectivity index (χ1v) is 6.36. The second-order valence-electron chi connectivity index (χ2n) is 5.33. The molecule has 1 saturated heterocycles. The van der Waals surface area contributed by atoms with Gasteiger partial charge in [0.25, 0.3) is 0 Å². The van der Waals surface area contributed by atoms with Crippen LogP contribution in [0.3, 0.4) is 0 Å². The Labute approximate surface area is 108 Å². The van der Waals surface area contributed by atoms with Crippen LogP contribution < -0.4 is 0 Å². The van der Waals surface area contributed by atoms with Gasteiger partial charge in [-0.2, -0.15) is 0 Å². The monoisotopic (exact) mass is 251 g/mol. The Balaban J connectivity index is 2.08. The van der Waals surface area contributed by atoms with E-state index in [0.717, 1.165) is 18.1 Å². The highest BCUT2D eigenvalue weighted by Crippen LogP contribution is 2.27. The summed E-state index contributed by atoms with van der Waals surface area (Å²) in [5, 5.41) is 0.766. The number of rotatable bonds is 2. The number of halogens is 1. The van der Waals surface area contributed by atoms with Crippen LogP contribution in [-0.4, -0.2) is 22.8 Å². The van der Waals surface area contributed by atoms with Crippen molar-refractivity contribution in [3.05, 3.63) is 34.9 Å². The highest BCUT2D eigenvalue weighted by Gasteiger charge is 2.33. The van der Waals surface area contributed by atoms with Crippen LogP contribution in [0.4, 0.5) is 0 Å². The SMILES string of the molecule is CC1(C)CC(=O)CCN1Cc1ccc(Cl)cc1. The molecule has 0 aromatic heterocycles. The molecule has 2 nitrogen and oxygen atoms in total. The lowest BCUT2D eigenvalue weighted by Crippen LogP contribution is -2.49. The first-order chi connectivity index (χ1) is 7.97. The zero-order chi connectivity index (χ0) is 12.5. The molecule has 1 aliphatic heterocycles. The third-order valence-electron chi connectivity index (χ3n) is 3.43. The molecule has 1 fully saturated rings. The highest BCUT2D eigenvalue weighted by molar-refractivity contribution is 6.30. The van der Waals surface area contributed by atoms with Crippen LogP contribution in [0.25, 0.3) is 0 Å². The second kappa shape index (κ2) is 4.79. The van der Waals surface area contributed by atoms with E-state index in [9.17, 15) is 4.79 Å². The molecule has 0 amide bonds. The van der Waals surface area contributed by atoms with Crippen molar-refractivity contribution in [1.82, 2.24) is 4.90 Å². The van der Waals surface area contributed by atoms with Gasteiger partial charge in [-0.3, -0.25) is 9.69 Å². The first kappa shape index (κ1) is 12.6. The summed E-state index contributed by atoms with van der Waals surface area (Å²) in [6, 6.07) is 7.93. The minimum Gasteiger partial charge on any atom is -0.300 e. The van der Waals surface area contributed by atoms with Gasteiger partial charge in [-0.15, -0.1) is 0 Å². The van der Waals surface area contributed by atoms with E-state index >= 15 is 0 Å². The Morgan fingerprint density at radius 1 is 1.29 bits per heavy atom. The molecule has 92 valence electrons. The van der Waals surface area contributed by atoms with E-state index in [1.54, 1.807) is 0 Å². The van der Waals surface area contributed by atoms with Crippen molar-refractivity contribution in [2.24, 2.45) is 0 Å². The standard InChI is InChI=1S/C14H18ClNO/c1-14(2)9-13(17)7-8-16(14)10-11-3-5-12(15)6-4-11/h3-6H,7-10H2,1-2H3. The van der Waals surface area contributed by atoms with Crippen molar-refractivity contribution in [2.75, 3.05) is 6.54 Å². The molecule has 17 heavy (non-hydrogen) atoms. The van der Waals surface area contributed by atoms with Gasteiger partial charge in [0.2, 0.25) is 0 Å². The number of hydrogen-bond acceptors (Lipinski definition) is 2. The number of likely N-dealkylation sites (tertiary alicyclic amines) is 1. The summed E-state index contributed by atoms with van der Waals surface area (Å²) >= 11 is 5.87. The van der Waals surface area contributed by atoms with Crippen molar-refractivity contribution in [3.63, 3.8) is 0 Å². The van der Waals surface area contributed by atoms with Gasteiger partial charge in [0.15, 0.2) is 0 Å². The molecule has 0 unspecified atom stereocenters. The summed E-state index contributed by atoms with van der Waals surface area (Å²) in [5.74, 6) is 0.377. The zero-order valence-corrected chi connectivity index (χ0v) is 11.1. The third-order valence-corrected chi connectivity index (χ3v) is 3.69. The summed E-state index contributed by atoms with van der Waals surface area (Å²) < 4.78 is 0. The first-order valence-electron chi connectivity index (χ1n) is 5.98. The van der Waals surface area contributed by atoms with E-state index < -0.39 is 0 Å². The lowest BCUT2D eigenvalue weighted by molar-refractivity contribution is -0.125. The third kappa shape index (κ3) is 3.08. The number of carbonyl (C=O) groups excluding carboxylic acids is 1. The van der Waals surface area contributed by atoms with E-state index in [2.05, 4.69) is 30.9 Å². The number of piperidine rings is 1. The molecule has 0 radical (unpaired) electrons. The maximum Gasteiger partial charge on any atom is 0.136 e. The molecule has 0 bridgehead atoms. The predicted molar refractivity (Wildman–Crippen MR) is 70.2 cm³/mol. The molecule has 1 heterocycles. The van der Waals surface area contributed by atoms with Crippen LogP contribution in [0.15, 0.2) is 24.3 Å². The van der Waals surface area contributed by atoms with Gasteiger partial charge < -0.3 is 0 Å². The predicted octanol–water partition coefficient (Wildman–Crippen LogP) is 3.28. The lowest BCUT2D eigenvalue weighted by Gasteiger charge is -2.41. The Morgan fingerprint density at radius 3 is 2.53 bits per heavy atom. The van der Waals surface area contributed by atoms with Gasteiger partial charge >= 0.3 is 0 Å². The quantitative estimate of drug-likeness (QED) is 0.804. The van der Waals surface area contributed by atoms with E-state index in [1.165, 1.54) is 5.56 Å². The van der Waals surface area contributed by atoms with Crippen LogP contribution in [0.2, 0.25) is 5.02 Å². The number of Topliss-reactive ketones (excluding diaryl/α,β-unsaturated/α-hetero) is 1. The molecule has 1 aromatic carbocycles. The van der Waals surface area contributed by atoms with Gasteiger partial charge in [0.1, 0.15) is 5.78 Å². The molecular weight excluding hydrogens is 234 g/mol. The molecular formula is C14H18ClNO. The fraction of sp³-hybridized carbons (Fsp3) is 0.500. The van der Waals surface area contributed by atoms with Crippen molar-refractivity contribution in [3.8, 4) is 0 Å². The zero-order valence-electron chi connectivity index (χ0n) is 10.4. The smallest absolute Gasteiger partial charge is 0.136 e. The normalized spacial score (nSPS) is 20.5. The number of hydrogen-bond donors (Lipinski definition) is 0. The van der Waals surface area contributed by atoms with Gasteiger partial charge in [0.05, 0.1) is 0 Å². The van der Waals surface area contributed by atoms with Gasteiger partial charge in [-0.1, -0.05) is 23.7 Å². The van der Waals surface area contributed by atoms with Crippen LogP contribution in [0.5, 0.6) is 0 Å². The van der Waals surface area contributed by atoms with Crippen LogP contribution in [0, 0.1) is 0 Å². The molecule has 3 heteroatoms. The number of benzene rings is 1.